The van der Waals surface area contributed by atoms with Crippen molar-refractivity contribution in [1.82, 2.24) is 10.2 Å². The van der Waals surface area contributed by atoms with Crippen LogP contribution in [0.1, 0.15) is 40.0 Å². The van der Waals surface area contributed by atoms with Crippen LogP contribution in [0.4, 0.5) is 0 Å². The van der Waals surface area contributed by atoms with Crippen molar-refractivity contribution in [3.8, 4) is 0 Å². The Morgan fingerprint density at radius 3 is 2.15 bits per heavy atom. The summed E-state index contributed by atoms with van der Waals surface area (Å²) < 4.78 is 0. The van der Waals surface area contributed by atoms with Gasteiger partial charge < -0.3 is 10.4 Å². The van der Waals surface area contributed by atoms with Crippen molar-refractivity contribution in [3.63, 3.8) is 0 Å². The first-order valence-corrected chi connectivity index (χ1v) is 8.35. The second-order valence-electron chi connectivity index (χ2n) is 6.07. The molecule has 134 valence electrons. The normalized spacial score (nSPS) is 13.2. The molecule has 7 nitrogen and oxygen atoms in total. The number of carbonyl (C=O) groups is 4. The first-order valence-electron chi connectivity index (χ1n) is 8.35. The Morgan fingerprint density at radius 1 is 0.962 bits per heavy atom. The molecular formula is C19H18N2O5. The molecule has 0 aliphatic carbocycles. The SMILES string of the molecule is O=C(O)CCNC(=O)CCCN1C(=O)c2cccc3cccc(c23)C1=O. The van der Waals surface area contributed by atoms with E-state index in [0.717, 1.165) is 5.39 Å². The van der Waals surface area contributed by atoms with Crippen molar-refractivity contribution in [2.75, 3.05) is 13.1 Å². The summed E-state index contributed by atoms with van der Waals surface area (Å²) >= 11 is 0. The summed E-state index contributed by atoms with van der Waals surface area (Å²) in [5.74, 6) is -2.00. The minimum atomic E-state index is -0.984. The highest BCUT2D eigenvalue weighted by Crippen LogP contribution is 2.29. The lowest BCUT2D eigenvalue weighted by Crippen LogP contribution is -2.41. The van der Waals surface area contributed by atoms with Gasteiger partial charge in [-0.05, 0) is 23.9 Å². The molecule has 1 heterocycles. The lowest BCUT2D eigenvalue weighted by Gasteiger charge is -2.27. The second kappa shape index (κ2) is 7.35. The van der Waals surface area contributed by atoms with Crippen molar-refractivity contribution in [2.24, 2.45) is 0 Å². The average Bonchev–Trinajstić information content (AvgIpc) is 2.62. The minimum Gasteiger partial charge on any atom is -0.481 e. The molecule has 3 rings (SSSR count). The highest BCUT2D eigenvalue weighted by molar-refractivity contribution is 6.25. The van der Waals surface area contributed by atoms with Gasteiger partial charge >= 0.3 is 5.97 Å². The van der Waals surface area contributed by atoms with Gasteiger partial charge in [-0.3, -0.25) is 24.1 Å². The minimum absolute atomic E-state index is 0.0606. The molecule has 2 aromatic carbocycles. The van der Waals surface area contributed by atoms with Crippen LogP contribution < -0.4 is 5.32 Å². The highest BCUT2D eigenvalue weighted by Gasteiger charge is 2.32. The molecule has 26 heavy (non-hydrogen) atoms. The monoisotopic (exact) mass is 354 g/mol. The number of benzene rings is 2. The number of rotatable bonds is 7. The smallest absolute Gasteiger partial charge is 0.305 e. The molecule has 1 aliphatic heterocycles. The van der Waals surface area contributed by atoms with E-state index < -0.39 is 5.97 Å². The van der Waals surface area contributed by atoms with Crippen LogP contribution in [0, 0.1) is 0 Å². The predicted molar refractivity (Wildman–Crippen MR) is 93.8 cm³/mol. The number of imide groups is 1. The number of aliphatic carboxylic acids is 1. The third-order valence-corrected chi connectivity index (χ3v) is 4.30. The molecule has 0 fully saturated rings. The lowest BCUT2D eigenvalue weighted by atomic mass is 9.94. The van der Waals surface area contributed by atoms with Crippen LogP contribution in [0.3, 0.4) is 0 Å². The fraction of sp³-hybridized carbons (Fsp3) is 0.263. The van der Waals surface area contributed by atoms with Gasteiger partial charge in [0.15, 0.2) is 0 Å². The molecular weight excluding hydrogens is 336 g/mol. The fourth-order valence-corrected chi connectivity index (χ4v) is 3.08. The number of amides is 3. The molecule has 0 spiro atoms. The standard InChI is InChI=1S/C19H18N2O5/c22-15(20-10-9-16(23)24)8-3-11-21-18(25)13-6-1-4-12-5-2-7-14(17(12)13)19(21)26/h1-2,4-7H,3,8-11H2,(H,20,22)(H,23,24). The molecule has 1 aliphatic rings. The zero-order chi connectivity index (χ0) is 18.7. The molecule has 7 heteroatoms. The Hall–Kier alpha value is -3.22. The largest absolute Gasteiger partial charge is 0.481 e. The van der Waals surface area contributed by atoms with E-state index in [2.05, 4.69) is 5.32 Å². The molecule has 0 bridgehead atoms. The van der Waals surface area contributed by atoms with Gasteiger partial charge in [-0.25, -0.2) is 0 Å². The summed E-state index contributed by atoms with van der Waals surface area (Å²) in [6.07, 6.45) is 0.284. The van der Waals surface area contributed by atoms with E-state index in [4.69, 9.17) is 5.11 Å². The molecule has 0 radical (unpaired) electrons. The van der Waals surface area contributed by atoms with Crippen molar-refractivity contribution in [3.05, 3.63) is 47.5 Å². The van der Waals surface area contributed by atoms with E-state index >= 15 is 0 Å². The molecule has 2 N–H and O–H groups in total. The number of hydrogen-bond donors (Lipinski definition) is 2. The van der Waals surface area contributed by atoms with E-state index in [0.29, 0.717) is 22.9 Å². The van der Waals surface area contributed by atoms with Crippen LogP contribution in [-0.2, 0) is 9.59 Å². The Bertz CT molecular complexity index is 855. The van der Waals surface area contributed by atoms with Gasteiger partial charge in [0, 0.05) is 36.0 Å². The van der Waals surface area contributed by atoms with Crippen LogP contribution in [0.15, 0.2) is 36.4 Å². The Kier molecular flexibility index (Phi) is 4.97. The number of nitrogens with one attached hydrogen (secondary N) is 1. The third-order valence-electron chi connectivity index (χ3n) is 4.30. The van der Waals surface area contributed by atoms with Gasteiger partial charge in [0.1, 0.15) is 0 Å². The van der Waals surface area contributed by atoms with Crippen molar-refractivity contribution >= 4 is 34.5 Å². The molecule has 0 saturated carbocycles. The van der Waals surface area contributed by atoms with Gasteiger partial charge in [-0.2, -0.15) is 0 Å². The van der Waals surface area contributed by atoms with Crippen LogP contribution in [0.5, 0.6) is 0 Å². The zero-order valence-electron chi connectivity index (χ0n) is 14.0. The number of carboxylic acid groups (broad SMARTS) is 1. The maximum absolute atomic E-state index is 12.7. The third kappa shape index (κ3) is 3.42. The maximum Gasteiger partial charge on any atom is 0.305 e. The lowest BCUT2D eigenvalue weighted by molar-refractivity contribution is -0.136. The van der Waals surface area contributed by atoms with Gasteiger partial charge in [0.2, 0.25) is 5.91 Å². The van der Waals surface area contributed by atoms with E-state index in [9.17, 15) is 19.2 Å². The highest BCUT2D eigenvalue weighted by atomic mass is 16.4. The van der Waals surface area contributed by atoms with Gasteiger partial charge in [-0.1, -0.05) is 24.3 Å². The quantitative estimate of drug-likeness (QED) is 0.738. The summed E-state index contributed by atoms with van der Waals surface area (Å²) in [5, 5.41) is 12.6. The van der Waals surface area contributed by atoms with Crippen molar-refractivity contribution in [1.29, 1.82) is 0 Å². The summed E-state index contributed by atoms with van der Waals surface area (Å²) in [7, 11) is 0. The van der Waals surface area contributed by atoms with E-state index in [1.54, 1.807) is 24.3 Å². The topological polar surface area (TPSA) is 104 Å². The number of hydrogen-bond acceptors (Lipinski definition) is 4. The first kappa shape index (κ1) is 17.6. The van der Waals surface area contributed by atoms with Gasteiger partial charge in [0.25, 0.3) is 11.8 Å². The zero-order valence-corrected chi connectivity index (χ0v) is 14.0. The Balaban J connectivity index is 1.65. The molecule has 3 amide bonds. The summed E-state index contributed by atoms with van der Waals surface area (Å²) in [6, 6.07) is 10.7. The van der Waals surface area contributed by atoms with E-state index in [1.807, 2.05) is 12.1 Å². The van der Waals surface area contributed by atoms with Crippen molar-refractivity contribution in [2.45, 2.75) is 19.3 Å². The molecule has 2 aromatic rings. The summed E-state index contributed by atoms with van der Waals surface area (Å²) in [6.45, 7) is 0.194. The van der Waals surface area contributed by atoms with Crippen LogP contribution in [-0.4, -0.2) is 46.8 Å². The molecule has 0 atom stereocenters. The van der Waals surface area contributed by atoms with Crippen LogP contribution in [0.2, 0.25) is 0 Å². The van der Waals surface area contributed by atoms with E-state index in [1.165, 1.54) is 4.90 Å². The average molecular weight is 354 g/mol. The molecule has 0 unspecified atom stereocenters. The van der Waals surface area contributed by atoms with E-state index in [-0.39, 0.29) is 43.7 Å². The fourth-order valence-electron chi connectivity index (χ4n) is 3.08. The first-order chi connectivity index (χ1) is 12.5. The van der Waals surface area contributed by atoms with Crippen LogP contribution >= 0.6 is 0 Å². The Morgan fingerprint density at radius 2 is 1.58 bits per heavy atom. The number of nitrogens with zero attached hydrogens (tertiary/aromatic N) is 1. The molecule has 0 saturated heterocycles. The number of carboxylic acids is 1. The predicted octanol–water partition coefficient (Wildman–Crippen LogP) is 1.81. The molecule has 0 aromatic heterocycles. The van der Waals surface area contributed by atoms with Crippen molar-refractivity contribution < 1.29 is 24.3 Å². The Labute approximate surface area is 149 Å². The summed E-state index contributed by atoms with van der Waals surface area (Å²) in [4.78, 5) is 48.6. The number of carbonyl (C=O) groups excluding carboxylic acids is 3. The maximum atomic E-state index is 12.7. The van der Waals surface area contributed by atoms with Gasteiger partial charge in [-0.15, -0.1) is 0 Å². The second-order valence-corrected chi connectivity index (χ2v) is 6.07. The summed E-state index contributed by atoms with van der Waals surface area (Å²) in [5.41, 5.74) is 0.979. The van der Waals surface area contributed by atoms with Gasteiger partial charge in [0.05, 0.1) is 6.42 Å². The van der Waals surface area contributed by atoms with Crippen LogP contribution in [0.25, 0.3) is 10.8 Å².